The van der Waals surface area contributed by atoms with Gasteiger partial charge in [0.15, 0.2) is 0 Å². The average molecular weight is 485 g/mol. The molecule has 3 heteroatoms. The molecular formula is C20H22OSeTe. The molecule has 0 unspecified atom stereocenters. The molecule has 0 aliphatic carbocycles. The SMILES string of the molecule is CCCC[Te]C1=C([Se]c2ccccc2)c2cc(C)ccc2OC1. The molecule has 0 saturated carbocycles. The van der Waals surface area contributed by atoms with Crippen LogP contribution in [0.5, 0.6) is 5.75 Å². The monoisotopic (exact) mass is 488 g/mol. The molecule has 23 heavy (non-hydrogen) atoms. The van der Waals surface area contributed by atoms with Gasteiger partial charge in [0.1, 0.15) is 0 Å². The Hall–Kier alpha value is -0.711. The number of hydrogen-bond acceptors (Lipinski definition) is 1. The van der Waals surface area contributed by atoms with Crippen LogP contribution >= 0.6 is 0 Å². The maximum atomic E-state index is 6.07. The van der Waals surface area contributed by atoms with E-state index in [2.05, 4.69) is 62.4 Å². The zero-order valence-corrected chi connectivity index (χ0v) is 17.7. The molecule has 0 bridgehead atoms. The molecule has 120 valence electrons. The maximum absolute atomic E-state index is 6.07. The Morgan fingerprint density at radius 3 is 2.74 bits per heavy atom. The van der Waals surface area contributed by atoms with Crippen molar-refractivity contribution in [1.29, 1.82) is 0 Å². The zero-order chi connectivity index (χ0) is 16.1. The molecule has 0 radical (unpaired) electrons. The van der Waals surface area contributed by atoms with Crippen LogP contribution < -0.4 is 9.20 Å². The summed E-state index contributed by atoms with van der Waals surface area (Å²) in [6, 6.07) is 17.6. The fraction of sp³-hybridized carbons (Fsp3) is 0.300. The summed E-state index contributed by atoms with van der Waals surface area (Å²) >= 11 is 0.272. The Morgan fingerprint density at radius 2 is 1.96 bits per heavy atom. The molecule has 1 heterocycles. The van der Waals surface area contributed by atoms with Crippen LogP contribution in [0, 0.1) is 6.92 Å². The van der Waals surface area contributed by atoms with E-state index in [4.69, 9.17) is 4.74 Å². The van der Waals surface area contributed by atoms with Crippen LogP contribution in [0.2, 0.25) is 4.47 Å². The topological polar surface area (TPSA) is 9.23 Å². The summed E-state index contributed by atoms with van der Waals surface area (Å²) in [5.74, 6) is 1.08. The van der Waals surface area contributed by atoms with Gasteiger partial charge in [-0.2, -0.15) is 0 Å². The Labute approximate surface area is 155 Å². The minimum atomic E-state index is -0.103. The molecule has 3 rings (SSSR count). The average Bonchev–Trinajstić information content (AvgIpc) is 2.58. The van der Waals surface area contributed by atoms with E-state index >= 15 is 0 Å². The predicted octanol–water partition coefficient (Wildman–Crippen LogP) is 4.01. The summed E-state index contributed by atoms with van der Waals surface area (Å²) in [6.45, 7) is 5.29. The molecule has 0 amide bonds. The van der Waals surface area contributed by atoms with Gasteiger partial charge < -0.3 is 0 Å². The van der Waals surface area contributed by atoms with Gasteiger partial charge in [0.25, 0.3) is 0 Å². The van der Waals surface area contributed by atoms with Crippen LogP contribution in [0.3, 0.4) is 0 Å². The quantitative estimate of drug-likeness (QED) is 0.445. The Kier molecular flexibility index (Phi) is 6.26. The number of aryl methyl sites for hydroxylation is 1. The summed E-state index contributed by atoms with van der Waals surface area (Å²) in [5, 5.41) is 0. The molecule has 0 fully saturated rings. The van der Waals surface area contributed by atoms with Crippen molar-refractivity contribution >= 4 is 44.8 Å². The van der Waals surface area contributed by atoms with E-state index < -0.39 is 0 Å². The number of hydrogen-bond donors (Lipinski definition) is 0. The van der Waals surface area contributed by atoms with Gasteiger partial charge in [0, 0.05) is 0 Å². The van der Waals surface area contributed by atoms with E-state index in [0.29, 0.717) is 15.0 Å². The van der Waals surface area contributed by atoms with Gasteiger partial charge in [-0.25, -0.2) is 0 Å². The third kappa shape index (κ3) is 4.43. The molecule has 2 aromatic carbocycles. The fourth-order valence-corrected chi connectivity index (χ4v) is 8.99. The van der Waals surface area contributed by atoms with Crippen molar-refractivity contribution in [3.05, 3.63) is 63.3 Å². The van der Waals surface area contributed by atoms with E-state index in [1.807, 2.05) is 0 Å². The molecule has 0 spiro atoms. The van der Waals surface area contributed by atoms with Crippen LogP contribution in [0.25, 0.3) is 4.47 Å². The zero-order valence-electron chi connectivity index (χ0n) is 13.7. The van der Waals surface area contributed by atoms with E-state index in [1.54, 1.807) is 8.09 Å². The van der Waals surface area contributed by atoms with E-state index in [9.17, 15) is 0 Å². The minimum absolute atomic E-state index is 0.103. The molecule has 1 aliphatic heterocycles. The molecule has 0 aromatic heterocycles. The third-order valence-corrected chi connectivity index (χ3v) is 10.4. The standard InChI is InChI=1S/C20H22OSeTe/c1-3-4-12-23-19-14-21-18-11-10-15(2)13-17(18)20(19)22-16-8-6-5-7-9-16/h5-11,13H,3-4,12,14H2,1-2H3. The van der Waals surface area contributed by atoms with Crippen LogP contribution in [0.15, 0.2) is 52.2 Å². The van der Waals surface area contributed by atoms with Crippen LogP contribution in [-0.2, 0) is 0 Å². The first-order valence-corrected chi connectivity index (χ1v) is 12.6. The van der Waals surface area contributed by atoms with Crippen LogP contribution in [-0.4, -0.2) is 42.5 Å². The Morgan fingerprint density at radius 1 is 1.13 bits per heavy atom. The predicted molar refractivity (Wildman–Crippen MR) is 101 cm³/mol. The summed E-state index contributed by atoms with van der Waals surface area (Å²) in [5.41, 5.74) is 2.68. The molecule has 0 N–H and O–H groups in total. The third-order valence-electron chi connectivity index (χ3n) is 3.73. The molecule has 1 aliphatic rings. The van der Waals surface area contributed by atoms with Gasteiger partial charge in [-0.1, -0.05) is 0 Å². The van der Waals surface area contributed by atoms with E-state index in [-0.39, 0.29) is 20.9 Å². The van der Waals surface area contributed by atoms with Crippen molar-refractivity contribution in [2.75, 3.05) is 6.61 Å². The van der Waals surface area contributed by atoms with Crippen molar-refractivity contribution in [2.45, 2.75) is 31.2 Å². The van der Waals surface area contributed by atoms with Crippen molar-refractivity contribution in [3.63, 3.8) is 0 Å². The Balaban J connectivity index is 1.96. The number of benzene rings is 2. The van der Waals surface area contributed by atoms with Gasteiger partial charge in [0.2, 0.25) is 0 Å². The van der Waals surface area contributed by atoms with Crippen LogP contribution in [0.1, 0.15) is 30.9 Å². The van der Waals surface area contributed by atoms with E-state index in [1.165, 1.54) is 32.9 Å². The number of rotatable bonds is 6. The van der Waals surface area contributed by atoms with E-state index in [0.717, 1.165) is 12.4 Å². The summed E-state index contributed by atoms with van der Waals surface area (Å²) in [6.07, 6.45) is 2.66. The summed E-state index contributed by atoms with van der Waals surface area (Å²) in [7, 11) is 0. The molecule has 2 aromatic rings. The summed E-state index contributed by atoms with van der Waals surface area (Å²) < 4.78 is 12.2. The molecular weight excluding hydrogens is 463 g/mol. The molecule has 0 saturated heterocycles. The second-order valence-corrected chi connectivity index (χ2v) is 11.3. The van der Waals surface area contributed by atoms with Gasteiger partial charge >= 0.3 is 156 Å². The first-order valence-electron chi connectivity index (χ1n) is 8.10. The van der Waals surface area contributed by atoms with Gasteiger partial charge in [-0.15, -0.1) is 0 Å². The fourth-order valence-electron chi connectivity index (χ4n) is 2.47. The van der Waals surface area contributed by atoms with Crippen molar-refractivity contribution in [3.8, 4) is 5.75 Å². The molecule has 0 atom stereocenters. The van der Waals surface area contributed by atoms with Crippen molar-refractivity contribution < 1.29 is 4.74 Å². The second kappa shape index (κ2) is 8.41. The number of unbranched alkanes of at least 4 members (excludes halogenated alkanes) is 1. The number of fused-ring (bicyclic) bond motifs is 1. The normalized spacial score (nSPS) is 13.7. The van der Waals surface area contributed by atoms with Crippen molar-refractivity contribution in [2.24, 2.45) is 0 Å². The number of ether oxygens (including phenoxy) is 1. The Bertz CT molecular complexity index is 694. The van der Waals surface area contributed by atoms with Crippen LogP contribution in [0.4, 0.5) is 0 Å². The van der Waals surface area contributed by atoms with Gasteiger partial charge in [-0.3, -0.25) is 0 Å². The first-order chi connectivity index (χ1) is 11.3. The summed E-state index contributed by atoms with van der Waals surface area (Å²) in [4.78, 5) is 0. The second-order valence-electron chi connectivity index (χ2n) is 5.66. The van der Waals surface area contributed by atoms with Gasteiger partial charge in [-0.05, 0) is 0 Å². The van der Waals surface area contributed by atoms with Gasteiger partial charge in [0.05, 0.1) is 0 Å². The first kappa shape index (κ1) is 17.1. The van der Waals surface area contributed by atoms with Crippen molar-refractivity contribution in [1.82, 2.24) is 0 Å². The molecule has 1 nitrogen and oxygen atoms in total.